The molecule has 0 radical (unpaired) electrons. The van der Waals surface area contributed by atoms with Gasteiger partial charge >= 0.3 is 6.03 Å². The third-order valence-electron chi connectivity index (χ3n) is 2.67. The molecule has 0 saturated carbocycles. The highest BCUT2D eigenvalue weighted by Crippen LogP contribution is 2.15. The Morgan fingerprint density at radius 3 is 2.74 bits per heavy atom. The van der Waals surface area contributed by atoms with E-state index in [1.54, 1.807) is 19.1 Å². The number of carbonyl (C=O) groups is 1. The molecule has 2 rings (SSSR count). The van der Waals surface area contributed by atoms with Crippen molar-refractivity contribution in [2.24, 2.45) is 0 Å². The van der Waals surface area contributed by atoms with E-state index in [9.17, 15) is 9.18 Å². The molecule has 100 valence electrons. The number of rotatable bonds is 3. The summed E-state index contributed by atoms with van der Waals surface area (Å²) in [6, 6.07) is 7.47. The smallest absolute Gasteiger partial charge is 0.319 e. The highest BCUT2D eigenvalue weighted by Gasteiger charge is 2.06. The average Bonchev–Trinajstić information content (AvgIpc) is 2.77. The number of halogens is 1. The number of urea groups is 1. The van der Waals surface area contributed by atoms with Crippen LogP contribution in [0.15, 0.2) is 34.7 Å². The number of aryl methyl sites for hydroxylation is 2. The number of hydrogen-bond acceptors (Lipinski definition) is 2. The predicted octanol–water partition coefficient (Wildman–Crippen LogP) is 3.36. The molecule has 2 aromatic rings. The number of anilines is 1. The molecule has 1 aromatic carbocycles. The highest BCUT2D eigenvalue weighted by atomic mass is 19.1. The molecule has 0 aliphatic carbocycles. The minimum Gasteiger partial charge on any atom is -0.465 e. The molecule has 0 saturated heterocycles. The minimum atomic E-state index is -0.400. The molecule has 4 nitrogen and oxygen atoms in total. The van der Waals surface area contributed by atoms with Gasteiger partial charge in [0.2, 0.25) is 0 Å². The van der Waals surface area contributed by atoms with Crippen LogP contribution in [-0.2, 0) is 6.54 Å². The summed E-state index contributed by atoms with van der Waals surface area (Å²) in [5, 5.41) is 5.24. The molecule has 19 heavy (non-hydrogen) atoms. The predicted molar refractivity (Wildman–Crippen MR) is 70.4 cm³/mol. The SMILES string of the molecule is Cc1ccc(CNC(=O)Nc2cc(F)ccc2C)o1. The molecule has 2 amide bonds. The van der Waals surface area contributed by atoms with Gasteiger partial charge in [0.1, 0.15) is 17.3 Å². The molecular weight excluding hydrogens is 247 g/mol. The lowest BCUT2D eigenvalue weighted by molar-refractivity contribution is 0.250. The van der Waals surface area contributed by atoms with Crippen molar-refractivity contribution in [3.8, 4) is 0 Å². The van der Waals surface area contributed by atoms with E-state index in [2.05, 4.69) is 10.6 Å². The molecule has 0 unspecified atom stereocenters. The third kappa shape index (κ3) is 3.58. The Hall–Kier alpha value is -2.30. The zero-order chi connectivity index (χ0) is 13.8. The maximum absolute atomic E-state index is 13.1. The number of carbonyl (C=O) groups excluding carboxylic acids is 1. The first-order chi connectivity index (χ1) is 9.04. The molecule has 0 atom stereocenters. The summed E-state index contributed by atoms with van der Waals surface area (Å²) >= 11 is 0. The van der Waals surface area contributed by atoms with E-state index < -0.39 is 6.03 Å². The molecule has 0 fully saturated rings. The molecular formula is C14H15FN2O2. The largest absolute Gasteiger partial charge is 0.465 e. The van der Waals surface area contributed by atoms with Crippen LogP contribution in [0.5, 0.6) is 0 Å². The fourth-order valence-corrected chi connectivity index (χ4v) is 1.64. The quantitative estimate of drug-likeness (QED) is 0.891. The summed E-state index contributed by atoms with van der Waals surface area (Å²) in [4.78, 5) is 11.7. The van der Waals surface area contributed by atoms with Crippen molar-refractivity contribution < 1.29 is 13.6 Å². The molecule has 1 heterocycles. The maximum atomic E-state index is 13.1. The van der Waals surface area contributed by atoms with E-state index in [1.807, 2.05) is 13.0 Å². The van der Waals surface area contributed by atoms with Crippen molar-refractivity contribution in [3.05, 3.63) is 53.2 Å². The second-order valence-corrected chi connectivity index (χ2v) is 4.28. The Labute approximate surface area is 110 Å². The zero-order valence-corrected chi connectivity index (χ0v) is 10.8. The molecule has 1 aromatic heterocycles. The Kier molecular flexibility index (Phi) is 3.85. The summed E-state index contributed by atoms with van der Waals surface area (Å²) in [5.74, 6) is 1.07. The summed E-state index contributed by atoms with van der Waals surface area (Å²) < 4.78 is 18.4. The van der Waals surface area contributed by atoms with Crippen molar-refractivity contribution in [2.45, 2.75) is 20.4 Å². The molecule has 0 bridgehead atoms. The second-order valence-electron chi connectivity index (χ2n) is 4.28. The zero-order valence-electron chi connectivity index (χ0n) is 10.8. The van der Waals surface area contributed by atoms with E-state index in [1.165, 1.54) is 12.1 Å². The first-order valence-electron chi connectivity index (χ1n) is 5.91. The lowest BCUT2D eigenvalue weighted by Crippen LogP contribution is -2.28. The van der Waals surface area contributed by atoms with Gasteiger partial charge < -0.3 is 15.1 Å². The van der Waals surface area contributed by atoms with Crippen LogP contribution in [0.4, 0.5) is 14.9 Å². The molecule has 5 heteroatoms. The van der Waals surface area contributed by atoms with E-state index in [-0.39, 0.29) is 12.4 Å². The van der Waals surface area contributed by atoms with Crippen LogP contribution in [0.25, 0.3) is 0 Å². The fraction of sp³-hybridized carbons (Fsp3) is 0.214. The van der Waals surface area contributed by atoms with E-state index >= 15 is 0 Å². The molecule has 0 aliphatic rings. The monoisotopic (exact) mass is 262 g/mol. The van der Waals surface area contributed by atoms with Crippen molar-refractivity contribution in [2.75, 3.05) is 5.32 Å². The van der Waals surface area contributed by atoms with Gasteiger partial charge in [0.25, 0.3) is 0 Å². The Bertz CT molecular complexity index is 593. The third-order valence-corrected chi connectivity index (χ3v) is 2.67. The van der Waals surface area contributed by atoms with Crippen LogP contribution < -0.4 is 10.6 Å². The topological polar surface area (TPSA) is 54.3 Å². The summed E-state index contributed by atoms with van der Waals surface area (Å²) in [6.07, 6.45) is 0. The van der Waals surface area contributed by atoms with Crippen molar-refractivity contribution in [1.29, 1.82) is 0 Å². The Balaban J connectivity index is 1.92. The number of benzene rings is 1. The van der Waals surface area contributed by atoms with Gasteiger partial charge in [-0.15, -0.1) is 0 Å². The lowest BCUT2D eigenvalue weighted by atomic mass is 10.2. The van der Waals surface area contributed by atoms with E-state index in [0.717, 1.165) is 11.3 Å². The van der Waals surface area contributed by atoms with Crippen molar-refractivity contribution in [3.63, 3.8) is 0 Å². The van der Waals surface area contributed by atoms with Crippen LogP contribution in [0, 0.1) is 19.7 Å². The molecule has 0 aliphatic heterocycles. The summed E-state index contributed by atoms with van der Waals surface area (Å²) in [6.45, 7) is 3.92. The lowest BCUT2D eigenvalue weighted by Gasteiger charge is -2.09. The average molecular weight is 262 g/mol. The van der Waals surface area contributed by atoms with E-state index in [4.69, 9.17) is 4.42 Å². The Morgan fingerprint density at radius 1 is 1.26 bits per heavy atom. The maximum Gasteiger partial charge on any atom is 0.319 e. The summed E-state index contributed by atoms with van der Waals surface area (Å²) in [5.41, 5.74) is 1.25. The number of amides is 2. The fourth-order valence-electron chi connectivity index (χ4n) is 1.64. The van der Waals surface area contributed by atoms with Crippen molar-refractivity contribution >= 4 is 11.7 Å². The second kappa shape index (κ2) is 5.56. The van der Waals surface area contributed by atoms with E-state index in [0.29, 0.717) is 11.4 Å². The Morgan fingerprint density at radius 2 is 2.05 bits per heavy atom. The van der Waals surface area contributed by atoms with Crippen LogP contribution in [0.3, 0.4) is 0 Å². The van der Waals surface area contributed by atoms with Crippen LogP contribution in [0.2, 0.25) is 0 Å². The van der Waals surface area contributed by atoms with Crippen molar-refractivity contribution in [1.82, 2.24) is 5.32 Å². The number of nitrogens with one attached hydrogen (secondary N) is 2. The van der Waals surface area contributed by atoms with Gasteiger partial charge in [0.15, 0.2) is 0 Å². The van der Waals surface area contributed by atoms with Gasteiger partial charge in [0, 0.05) is 5.69 Å². The van der Waals surface area contributed by atoms with Gasteiger partial charge in [-0.2, -0.15) is 0 Å². The summed E-state index contributed by atoms with van der Waals surface area (Å²) in [7, 11) is 0. The van der Waals surface area contributed by atoms with Gasteiger partial charge in [-0.05, 0) is 43.7 Å². The normalized spacial score (nSPS) is 10.3. The number of furan rings is 1. The van der Waals surface area contributed by atoms with Gasteiger partial charge in [-0.25, -0.2) is 9.18 Å². The standard InChI is InChI=1S/C14H15FN2O2/c1-9-3-5-11(15)7-13(9)17-14(18)16-8-12-6-4-10(2)19-12/h3-7H,8H2,1-2H3,(H2,16,17,18). The highest BCUT2D eigenvalue weighted by molar-refractivity contribution is 5.89. The van der Waals surface area contributed by atoms with Crippen LogP contribution >= 0.6 is 0 Å². The number of hydrogen-bond donors (Lipinski definition) is 2. The van der Waals surface area contributed by atoms with Crippen LogP contribution in [0.1, 0.15) is 17.1 Å². The minimum absolute atomic E-state index is 0.286. The molecule has 2 N–H and O–H groups in total. The van der Waals surface area contributed by atoms with Gasteiger partial charge in [-0.1, -0.05) is 6.07 Å². The van der Waals surface area contributed by atoms with Gasteiger partial charge in [0.05, 0.1) is 6.54 Å². The first-order valence-corrected chi connectivity index (χ1v) is 5.91. The molecule has 0 spiro atoms. The first kappa shape index (κ1) is 13.1. The van der Waals surface area contributed by atoms with Crippen LogP contribution in [-0.4, -0.2) is 6.03 Å². The van der Waals surface area contributed by atoms with Gasteiger partial charge in [-0.3, -0.25) is 0 Å².